The van der Waals surface area contributed by atoms with Crippen molar-refractivity contribution in [3.05, 3.63) is 0 Å². The number of hydrogen-bond acceptors (Lipinski definition) is 3. The molecule has 0 radical (unpaired) electrons. The lowest BCUT2D eigenvalue weighted by atomic mass is 10.3. The first-order chi connectivity index (χ1) is 5.76. The van der Waals surface area contributed by atoms with E-state index in [1.807, 2.05) is 13.0 Å². The molecular weight excluding hydrogens is 154 g/mol. The quantitative estimate of drug-likeness (QED) is 0.614. The van der Waals surface area contributed by atoms with Crippen LogP contribution in [0.15, 0.2) is 0 Å². The highest BCUT2D eigenvalue weighted by Crippen LogP contribution is 1.94. The molecule has 0 spiro atoms. The molecule has 0 aromatic heterocycles. The minimum absolute atomic E-state index is 0.0979. The summed E-state index contributed by atoms with van der Waals surface area (Å²) in [5.41, 5.74) is 0. The highest BCUT2D eigenvalue weighted by atomic mass is 16.2. The Morgan fingerprint density at radius 2 is 2.08 bits per heavy atom. The van der Waals surface area contributed by atoms with Gasteiger partial charge in [0, 0.05) is 13.1 Å². The molecule has 0 aliphatic carbocycles. The molecule has 64 valence electrons. The monoisotopic (exact) mass is 165 g/mol. The van der Waals surface area contributed by atoms with Crippen molar-refractivity contribution >= 4 is 5.91 Å². The SMILES string of the molecule is CCN(CCC#N)C(=O)CC#N. The van der Waals surface area contributed by atoms with Crippen LogP contribution in [0.3, 0.4) is 0 Å². The van der Waals surface area contributed by atoms with Gasteiger partial charge >= 0.3 is 0 Å². The second kappa shape index (κ2) is 6.18. The second-order valence-corrected chi connectivity index (χ2v) is 2.22. The first kappa shape index (κ1) is 10.4. The smallest absolute Gasteiger partial charge is 0.236 e. The first-order valence-electron chi connectivity index (χ1n) is 3.78. The molecule has 0 atom stereocenters. The summed E-state index contributed by atoms with van der Waals surface area (Å²) in [6.45, 7) is 2.81. The van der Waals surface area contributed by atoms with E-state index in [9.17, 15) is 4.79 Å². The van der Waals surface area contributed by atoms with Crippen molar-refractivity contribution in [2.24, 2.45) is 0 Å². The van der Waals surface area contributed by atoms with Crippen molar-refractivity contribution in [1.82, 2.24) is 4.90 Å². The fourth-order valence-corrected chi connectivity index (χ4v) is 0.824. The maximum Gasteiger partial charge on any atom is 0.236 e. The molecule has 0 aromatic carbocycles. The Labute approximate surface area is 72.0 Å². The van der Waals surface area contributed by atoms with E-state index >= 15 is 0 Å². The minimum Gasteiger partial charge on any atom is -0.341 e. The van der Waals surface area contributed by atoms with Gasteiger partial charge in [-0.2, -0.15) is 10.5 Å². The summed E-state index contributed by atoms with van der Waals surface area (Å²) < 4.78 is 0. The maximum absolute atomic E-state index is 11.1. The molecule has 0 saturated carbocycles. The molecule has 0 rings (SSSR count). The van der Waals surface area contributed by atoms with Crippen molar-refractivity contribution in [3.63, 3.8) is 0 Å². The van der Waals surface area contributed by atoms with E-state index in [0.717, 1.165) is 0 Å². The molecule has 0 heterocycles. The number of nitriles is 2. The molecule has 4 heteroatoms. The molecule has 0 N–H and O–H groups in total. The Morgan fingerprint density at radius 1 is 1.42 bits per heavy atom. The van der Waals surface area contributed by atoms with Crippen LogP contribution in [-0.2, 0) is 4.79 Å². The summed E-state index contributed by atoms with van der Waals surface area (Å²) in [4.78, 5) is 12.6. The molecule has 0 saturated heterocycles. The minimum atomic E-state index is -0.199. The van der Waals surface area contributed by atoms with E-state index in [-0.39, 0.29) is 12.3 Å². The van der Waals surface area contributed by atoms with Gasteiger partial charge < -0.3 is 4.90 Å². The average molecular weight is 165 g/mol. The summed E-state index contributed by atoms with van der Waals surface area (Å²) in [6, 6.07) is 3.74. The van der Waals surface area contributed by atoms with Gasteiger partial charge in [-0.15, -0.1) is 0 Å². The normalized spacial score (nSPS) is 8.25. The van der Waals surface area contributed by atoms with E-state index in [2.05, 4.69) is 0 Å². The number of nitrogens with zero attached hydrogens (tertiary/aromatic N) is 3. The van der Waals surface area contributed by atoms with Crippen LogP contribution in [0.5, 0.6) is 0 Å². The molecule has 0 aromatic rings. The number of hydrogen-bond donors (Lipinski definition) is 0. The number of amides is 1. The van der Waals surface area contributed by atoms with Crippen molar-refractivity contribution in [1.29, 1.82) is 10.5 Å². The van der Waals surface area contributed by atoms with Crippen LogP contribution in [0.4, 0.5) is 0 Å². The predicted octanol–water partition coefficient (Wildman–Crippen LogP) is 0.662. The molecule has 0 aliphatic rings. The van der Waals surface area contributed by atoms with Crippen LogP contribution >= 0.6 is 0 Å². The molecular formula is C8H11N3O. The molecule has 4 nitrogen and oxygen atoms in total. The van der Waals surface area contributed by atoms with Gasteiger partial charge in [0.05, 0.1) is 18.6 Å². The third-order valence-corrected chi connectivity index (χ3v) is 1.46. The summed E-state index contributed by atoms with van der Waals surface area (Å²) >= 11 is 0. The van der Waals surface area contributed by atoms with E-state index < -0.39 is 0 Å². The van der Waals surface area contributed by atoms with Gasteiger partial charge in [0.15, 0.2) is 0 Å². The lowest BCUT2D eigenvalue weighted by Gasteiger charge is -2.17. The van der Waals surface area contributed by atoms with Crippen LogP contribution in [0, 0.1) is 22.7 Å². The first-order valence-corrected chi connectivity index (χ1v) is 3.78. The number of rotatable bonds is 4. The molecule has 0 aliphatic heterocycles. The lowest BCUT2D eigenvalue weighted by molar-refractivity contribution is -0.129. The Hall–Kier alpha value is -1.55. The van der Waals surface area contributed by atoms with Gasteiger partial charge in [-0.25, -0.2) is 0 Å². The standard InChI is InChI=1S/C8H11N3O/c1-2-11(7-3-5-9)8(12)4-6-10/h2-4,7H2,1H3. The summed E-state index contributed by atoms with van der Waals surface area (Å²) in [5, 5.41) is 16.5. The van der Waals surface area contributed by atoms with Gasteiger partial charge in [0.25, 0.3) is 0 Å². The van der Waals surface area contributed by atoms with Gasteiger partial charge in [0.2, 0.25) is 5.91 Å². The summed E-state index contributed by atoms with van der Waals surface area (Å²) in [6.07, 6.45) is 0.226. The van der Waals surface area contributed by atoms with Gasteiger partial charge in [0.1, 0.15) is 6.42 Å². The molecule has 0 fully saturated rings. The van der Waals surface area contributed by atoms with Crippen LogP contribution < -0.4 is 0 Å². The Bertz CT molecular complexity index is 223. The highest BCUT2D eigenvalue weighted by Gasteiger charge is 2.09. The van der Waals surface area contributed by atoms with Crippen molar-refractivity contribution in [2.75, 3.05) is 13.1 Å². The maximum atomic E-state index is 11.1. The zero-order valence-corrected chi connectivity index (χ0v) is 7.08. The lowest BCUT2D eigenvalue weighted by Crippen LogP contribution is -2.31. The molecule has 12 heavy (non-hydrogen) atoms. The van der Waals surface area contributed by atoms with Crippen LogP contribution in [0.25, 0.3) is 0 Å². The van der Waals surface area contributed by atoms with Gasteiger partial charge in [-0.3, -0.25) is 4.79 Å². The zero-order chi connectivity index (χ0) is 9.40. The fraction of sp³-hybridized carbons (Fsp3) is 0.625. The van der Waals surface area contributed by atoms with Crippen LogP contribution in [0.1, 0.15) is 19.8 Å². The Kier molecular flexibility index (Phi) is 5.38. The van der Waals surface area contributed by atoms with E-state index in [4.69, 9.17) is 10.5 Å². The van der Waals surface area contributed by atoms with Gasteiger partial charge in [-0.1, -0.05) is 0 Å². The molecule has 0 bridgehead atoms. The van der Waals surface area contributed by atoms with E-state index in [1.54, 1.807) is 6.07 Å². The summed E-state index contributed by atoms with van der Waals surface area (Å²) in [7, 11) is 0. The van der Waals surface area contributed by atoms with Gasteiger partial charge in [-0.05, 0) is 6.92 Å². The van der Waals surface area contributed by atoms with E-state index in [1.165, 1.54) is 4.90 Å². The number of carbonyl (C=O) groups excluding carboxylic acids is 1. The second-order valence-electron chi connectivity index (χ2n) is 2.22. The van der Waals surface area contributed by atoms with Crippen molar-refractivity contribution in [2.45, 2.75) is 19.8 Å². The van der Waals surface area contributed by atoms with E-state index in [0.29, 0.717) is 19.5 Å². The zero-order valence-electron chi connectivity index (χ0n) is 7.08. The van der Waals surface area contributed by atoms with Crippen LogP contribution in [-0.4, -0.2) is 23.9 Å². The molecule has 0 unspecified atom stereocenters. The number of carbonyl (C=O) groups is 1. The fourth-order valence-electron chi connectivity index (χ4n) is 0.824. The Morgan fingerprint density at radius 3 is 2.50 bits per heavy atom. The third-order valence-electron chi connectivity index (χ3n) is 1.46. The van der Waals surface area contributed by atoms with Crippen LogP contribution in [0.2, 0.25) is 0 Å². The summed E-state index contributed by atoms with van der Waals surface area (Å²) in [5.74, 6) is -0.199. The largest absolute Gasteiger partial charge is 0.341 e. The predicted molar refractivity (Wildman–Crippen MR) is 42.7 cm³/mol. The average Bonchev–Trinajstić information content (AvgIpc) is 2.06. The van der Waals surface area contributed by atoms with Crippen molar-refractivity contribution < 1.29 is 4.79 Å². The highest BCUT2D eigenvalue weighted by molar-refractivity contribution is 5.78. The topological polar surface area (TPSA) is 67.9 Å². The van der Waals surface area contributed by atoms with Crippen molar-refractivity contribution in [3.8, 4) is 12.1 Å². The third kappa shape index (κ3) is 3.58. The Balaban J connectivity index is 3.91. The molecule has 1 amide bonds.